The first-order chi connectivity index (χ1) is 17.1. The molecular formula is C27H31ClF3NO5. The maximum Gasteiger partial charge on any atom is 0.419 e. The molecule has 0 aliphatic carbocycles. The number of hydrogen-bond donors (Lipinski definition) is 1. The van der Waals surface area contributed by atoms with Crippen LogP contribution in [0.2, 0.25) is 0 Å². The average molecular weight is 542 g/mol. The van der Waals surface area contributed by atoms with Crippen molar-refractivity contribution < 1.29 is 37.3 Å². The predicted octanol–water partition coefficient (Wildman–Crippen LogP) is 6.07. The van der Waals surface area contributed by atoms with Crippen LogP contribution in [0.3, 0.4) is 0 Å². The summed E-state index contributed by atoms with van der Waals surface area (Å²) in [6, 6.07) is 9.27. The maximum absolute atomic E-state index is 13.5. The zero-order valence-electron chi connectivity index (χ0n) is 20.7. The molecule has 10 heteroatoms. The third-order valence-corrected chi connectivity index (χ3v) is 6.16. The van der Waals surface area contributed by atoms with Gasteiger partial charge in [0, 0.05) is 24.7 Å². The molecule has 0 radical (unpaired) electrons. The number of nitrogens with zero attached hydrogens (tertiary/aromatic N) is 1. The van der Waals surface area contributed by atoms with Crippen molar-refractivity contribution in [2.24, 2.45) is 5.92 Å². The fourth-order valence-electron chi connectivity index (χ4n) is 4.47. The molecule has 0 bridgehead atoms. The highest BCUT2D eigenvalue weighted by atomic mass is 35.5. The van der Waals surface area contributed by atoms with Crippen LogP contribution in [0.25, 0.3) is 6.08 Å². The molecule has 0 unspecified atom stereocenters. The Labute approximate surface area is 220 Å². The first-order valence-corrected chi connectivity index (χ1v) is 12.0. The first kappa shape index (κ1) is 28.7. The number of likely N-dealkylation sites (tertiary alicyclic amines) is 1. The van der Waals surface area contributed by atoms with E-state index in [0.717, 1.165) is 30.2 Å². The number of fused-ring (bicyclic) bond motifs is 1. The van der Waals surface area contributed by atoms with Crippen LogP contribution < -0.4 is 14.2 Å². The van der Waals surface area contributed by atoms with Crippen LogP contribution in [0.5, 0.6) is 17.2 Å². The smallest absolute Gasteiger partial charge is 0.419 e. The van der Waals surface area contributed by atoms with Crippen molar-refractivity contribution in [3.63, 3.8) is 0 Å². The topological polar surface area (TPSA) is 68.2 Å². The molecule has 1 saturated heterocycles. The highest BCUT2D eigenvalue weighted by molar-refractivity contribution is 5.85. The molecule has 37 heavy (non-hydrogen) atoms. The number of carbonyl (C=O) groups is 1. The Morgan fingerprint density at radius 2 is 2.00 bits per heavy atom. The molecule has 2 aromatic carbocycles. The summed E-state index contributed by atoms with van der Waals surface area (Å²) in [6.07, 6.45) is -1.30. The van der Waals surface area contributed by atoms with Crippen molar-refractivity contribution in [3.05, 3.63) is 58.7 Å². The van der Waals surface area contributed by atoms with Crippen LogP contribution in [-0.2, 0) is 17.6 Å². The van der Waals surface area contributed by atoms with Crippen molar-refractivity contribution in [1.29, 1.82) is 0 Å². The average Bonchev–Trinajstić information content (AvgIpc) is 2.82. The van der Waals surface area contributed by atoms with Gasteiger partial charge in [-0.1, -0.05) is 6.07 Å². The lowest BCUT2D eigenvalue weighted by atomic mass is 9.97. The van der Waals surface area contributed by atoms with Gasteiger partial charge in [0.1, 0.15) is 30.5 Å². The molecule has 2 aromatic rings. The van der Waals surface area contributed by atoms with E-state index in [0.29, 0.717) is 43.2 Å². The summed E-state index contributed by atoms with van der Waals surface area (Å²) >= 11 is 0. The fourth-order valence-corrected chi connectivity index (χ4v) is 4.47. The van der Waals surface area contributed by atoms with E-state index in [4.69, 9.17) is 14.2 Å². The van der Waals surface area contributed by atoms with Gasteiger partial charge >= 0.3 is 12.1 Å². The van der Waals surface area contributed by atoms with Crippen molar-refractivity contribution >= 4 is 24.5 Å². The number of benzene rings is 2. The van der Waals surface area contributed by atoms with E-state index in [1.165, 1.54) is 6.07 Å². The number of rotatable bonds is 8. The van der Waals surface area contributed by atoms with Gasteiger partial charge in [-0.25, -0.2) is 0 Å². The van der Waals surface area contributed by atoms with Crippen molar-refractivity contribution in [3.8, 4) is 17.2 Å². The van der Waals surface area contributed by atoms with E-state index in [1.807, 2.05) is 12.1 Å². The van der Waals surface area contributed by atoms with Gasteiger partial charge in [-0.05, 0) is 74.7 Å². The SMILES string of the molecule is CC(C)Oc1ccc(COc2ccc3c(c2)OCC(CN2CCC[C@@H](C(=O)O)C2)=C3)cc1C(F)(F)F.Cl. The Morgan fingerprint density at radius 3 is 2.70 bits per heavy atom. The van der Waals surface area contributed by atoms with E-state index < -0.39 is 17.7 Å². The molecule has 1 fully saturated rings. The number of halogens is 4. The maximum atomic E-state index is 13.5. The summed E-state index contributed by atoms with van der Waals surface area (Å²) in [7, 11) is 0. The molecule has 4 rings (SSSR count). The van der Waals surface area contributed by atoms with Gasteiger partial charge in [0.2, 0.25) is 0 Å². The van der Waals surface area contributed by atoms with Crippen molar-refractivity contribution in [1.82, 2.24) is 4.90 Å². The zero-order chi connectivity index (χ0) is 25.9. The van der Waals surface area contributed by atoms with Gasteiger partial charge < -0.3 is 19.3 Å². The van der Waals surface area contributed by atoms with Gasteiger partial charge in [-0.3, -0.25) is 9.69 Å². The number of hydrogen-bond acceptors (Lipinski definition) is 5. The molecule has 0 spiro atoms. The molecule has 2 aliphatic heterocycles. The van der Waals surface area contributed by atoms with Crippen LogP contribution in [0.1, 0.15) is 43.4 Å². The second-order valence-electron chi connectivity index (χ2n) is 9.49. The second-order valence-corrected chi connectivity index (χ2v) is 9.49. The van der Waals surface area contributed by atoms with E-state index in [1.54, 1.807) is 32.0 Å². The number of piperidine rings is 1. The lowest BCUT2D eigenvalue weighted by Crippen LogP contribution is -2.40. The third kappa shape index (κ3) is 7.55. The van der Waals surface area contributed by atoms with Crippen molar-refractivity contribution in [2.75, 3.05) is 26.2 Å². The number of carboxylic acid groups (broad SMARTS) is 1. The van der Waals surface area contributed by atoms with Crippen LogP contribution in [-0.4, -0.2) is 48.3 Å². The summed E-state index contributed by atoms with van der Waals surface area (Å²) in [5, 5.41) is 9.29. The minimum Gasteiger partial charge on any atom is -0.490 e. The molecule has 0 saturated carbocycles. The van der Waals surface area contributed by atoms with Gasteiger partial charge in [-0.15, -0.1) is 12.4 Å². The van der Waals surface area contributed by atoms with Crippen LogP contribution in [0.4, 0.5) is 13.2 Å². The van der Waals surface area contributed by atoms with Crippen LogP contribution in [0, 0.1) is 5.92 Å². The predicted molar refractivity (Wildman–Crippen MR) is 136 cm³/mol. The van der Waals surface area contributed by atoms with Crippen LogP contribution >= 0.6 is 12.4 Å². The Bertz CT molecular complexity index is 1140. The van der Waals surface area contributed by atoms with E-state index in [9.17, 15) is 23.1 Å². The molecule has 0 aromatic heterocycles. The molecule has 6 nitrogen and oxygen atoms in total. The monoisotopic (exact) mass is 541 g/mol. The van der Waals surface area contributed by atoms with E-state index in [2.05, 4.69) is 4.90 Å². The van der Waals surface area contributed by atoms with Crippen LogP contribution in [0.15, 0.2) is 42.0 Å². The Hall–Kier alpha value is -2.91. The normalized spacial score (nSPS) is 17.8. The Morgan fingerprint density at radius 1 is 1.22 bits per heavy atom. The zero-order valence-corrected chi connectivity index (χ0v) is 21.5. The molecule has 202 valence electrons. The van der Waals surface area contributed by atoms with Crippen molar-refractivity contribution in [2.45, 2.75) is 45.6 Å². The Balaban J connectivity index is 0.00000380. The first-order valence-electron chi connectivity index (χ1n) is 12.0. The minimum absolute atomic E-state index is 0. The van der Waals surface area contributed by atoms with E-state index in [-0.39, 0.29) is 36.8 Å². The van der Waals surface area contributed by atoms with E-state index >= 15 is 0 Å². The molecular weight excluding hydrogens is 511 g/mol. The van der Waals surface area contributed by atoms with Gasteiger partial charge in [0.05, 0.1) is 17.6 Å². The van der Waals surface area contributed by atoms with Gasteiger partial charge in [0.15, 0.2) is 0 Å². The molecule has 0 amide bonds. The second kappa shape index (κ2) is 12.1. The molecule has 2 aliphatic rings. The summed E-state index contributed by atoms with van der Waals surface area (Å²) in [5.41, 5.74) is 1.49. The number of aliphatic carboxylic acids is 1. The lowest BCUT2D eigenvalue weighted by molar-refractivity contribution is -0.143. The summed E-state index contributed by atoms with van der Waals surface area (Å²) in [4.78, 5) is 13.5. The summed E-state index contributed by atoms with van der Waals surface area (Å²) < 4.78 is 57.5. The van der Waals surface area contributed by atoms with Gasteiger partial charge in [-0.2, -0.15) is 13.2 Å². The highest BCUT2D eigenvalue weighted by Crippen LogP contribution is 2.38. The molecule has 2 heterocycles. The molecule has 1 atom stereocenters. The Kier molecular flexibility index (Phi) is 9.36. The number of alkyl halides is 3. The molecule has 1 N–H and O–H groups in total. The van der Waals surface area contributed by atoms with Gasteiger partial charge in [0.25, 0.3) is 0 Å². The lowest BCUT2D eigenvalue weighted by Gasteiger charge is -2.32. The largest absolute Gasteiger partial charge is 0.490 e. The highest BCUT2D eigenvalue weighted by Gasteiger charge is 2.35. The standard InChI is InChI=1S/C27H30F3NO5.ClH/c1-17(2)36-24-8-5-18(11-23(24)27(28,29)30)15-34-22-7-6-20-10-19(16-35-25(20)12-22)13-31-9-3-4-21(14-31)26(32)33;/h5-8,10-12,17,21H,3-4,9,13-16H2,1-2H3,(H,32,33);1H/t21-;/m1./s1. The number of carboxylic acids is 1. The third-order valence-electron chi connectivity index (χ3n) is 6.16. The fraction of sp³-hybridized carbons (Fsp3) is 0.444. The minimum atomic E-state index is -4.54. The number of ether oxygens (including phenoxy) is 3. The quantitative estimate of drug-likeness (QED) is 0.438. The summed E-state index contributed by atoms with van der Waals surface area (Å²) in [6.45, 7) is 5.75. The summed E-state index contributed by atoms with van der Waals surface area (Å²) in [5.74, 6) is -0.158.